The Balaban J connectivity index is 1.61. The molecule has 3 rings (SSSR count). The first-order chi connectivity index (χ1) is 12.4. The second-order valence-corrected chi connectivity index (χ2v) is 6.82. The molecule has 134 valence electrons. The molecule has 1 fully saturated rings. The van der Waals surface area contributed by atoms with Gasteiger partial charge in [0.25, 0.3) is 0 Å². The van der Waals surface area contributed by atoms with E-state index >= 15 is 0 Å². The summed E-state index contributed by atoms with van der Waals surface area (Å²) < 4.78 is 0. The van der Waals surface area contributed by atoms with Crippen LogP contribution < -0.4 is 10.3 Å². The topological polar surface area (TPSA) is 61.8 Å². The van der Waals surface area contributed by atoms with Gasteiger partial charge in [-0.25, -0.2) is 5.43 Å². The summed E-state index contributed by atoms with van der Waals surface area (Å²) in [5.41, 5.74) is 7.79. The van der Waals surface area contributed by atoms with Crippen molar-refractivity contribution < 1.29 is 9.59 Å². The molecule has 5 nitrogen and oxygen atoms in total. The van der Waals surface area contributed by atoms with Crippen LogP contribution in [-0.4, -0.2) is 24.6 Å². The van der Waals surface area contributed by atoms with Crippen molar-refractivity contribution in [2.75, 3.05) is 11.4 Å². The molecule has 1 heterocycles. The summed E-state index contributed by atoms with van der Waals surface area (Å²) in [5, 5.41) is 4.01. The summed E-state index contributed by atoms with van der Waals surface area (Å²) in [4.78, 5) is 26.3. The minimum Gasteiger partial charge on any atom is -0.312 e. The zero-order chi connectivity index (χ0) is 18.7. The van der Waals surface area contributed by atoms with Crippen LogP contribution in [0.25, 0.3) is 0 Å². The van der Waals surface area contributed by atoms with Crippen molar-refractivity contribution in [3.05, 3.63) is 64.7 Å². The van der Waals surface area contributed by atoms with Crippen molar-refractivity contribution in [1.82, 2.24) is 5.43 Å². The third-order valence-corrected chi connectivity index (χ3v) is 4.76. The predicted molar refractivity (Wildman–Crippen MR) is 103 cm³/mol. The second-order valence-electron chi connectivity index (χ2n) is 6.82. The molecular weight excluding hydrogens is 326 g/mol. The van der Waals surface area contributed by atoms with Crippen molar-refractivity contribution in [3.8, 4) is 0 Å². The number of nitrogens with zero attached hydrogens (tertiary/aromatic N) is 2. The van der Waals surface area contributed by atoms with Gasteiger partial charge < -0.3 is 4.90 Å². The van der Waals surface area contributed by atoms with Crippen LogP contribution in [0, 0.1) is 26.7 Å². The van der Waals surface area contributed by atoms with E-state index in [1.165, 1.54) is 11.1 Å². The number of aryl methyl sites for hydroxylation is 3. The van der Waals surface area contributed by atoms with E-state index in [1.807, 2.05) is 63.2 Å². The summed E-state index contributed by atoms with van der Waals surface area (Å²) in [6, 6.07) is 13.8. The molecule has 1 saturated heterocycles. The Hall–Kier alpha value is -2.95. The predicted octanol–water partition coefficient (Wildman–Crippen LogP) is 3.12. The number of amides is 2. The third-order valence-electron chi connectivity index (χ3n) is 4.76. The Kier molecular flexibility index (Phi) is 5.16. The van der Waals surface area contributed by atoms with E-state index in [0.29, 0.717) is 6.54 Å². The largest absolute Gasteiger partial charge is 0.312 e. The molecule has 0 aliphatic carbocycles. The molecule has 0 unspecified atom stereocenters. The number of rotatable bonds is 4. The molecule has 2 aromatic carbocycles. The van der Waals surface area contributed by atoms with Crippen LogP contribution in [0.1, 0.15) is 28.7 Å². The van der Waals surface area contributed by atoms with Crippen LogP contribution in [0.5, 0.6) is 0 Å². The van der Waals surface area contributed by atoms with Crippen LogP contribution in [0.15, 0.2) is 47.6 Å². The first-order valence-corrected chi connectivity index (χ1v) is 8.71. The summed E-state index contributed by atoms with van der Waals surface area (Å²) in [6.45, 7) is 6.45. The number of carbonyl (C=O) groups excluding carboxylic acids is 2. The minimum absolute atomic E-state index is 0.0316. The number of nitrogens with one attached hydrogen (secondary N) is 1. The minimum atomic E-state index is -0.390. The van der Waals surface area contributed by atoms with Gasteiger partial charge in [-0.3, -0.25) is 9.59 Å². The van der Waals surface area contributed by atoms with Crippen molar-refractivity contribution in [2.45, 2.75) is 27.2 Å². The molecule has 0 saturated carbocycles. The average molecular weight is 349 g/mol. The van der Waals surface area contributed by atoms with Gasteiger partial charge in [0.05, 0.1) is 12.1 Å². The summed E-state index contributed by atoms with van der Waals surface area (Å²) in [5.74, 6) is -0.650. The number of hydrogen-bond donors (Lipinski definition) is 1. The highest BCUT2D eigenvalue weighted by Gasteiger charge is 2.35. The van der Waals surface area contributed by atoms with Crippen LogP contribution in [0.3, 0.4) is 0 Å². The van der Waals surface area contributed by atoms with Crippen LogP contribution in [-0.2, 0) is 9.59 Å². The van der Waals surface area contributed by atoms with E-state index in [2.05, 4.69) is 10.5 Å². The summed E-state index contributed by atoms with van der Waals surface area (Å²) in [7, 11) is 0. The molecule has 0 aromatic heterocycles. The molecule has 1 aliphatic rings. The molecule has 1 N–H and O–H groups in total. The molecule has 2 aromatic rings. The van der Waals surface area contributed by atoms with Crippen molar-refractivity contribution in [2.24, 2.45) is 11.0 Å². The molecule has 26 heavy (non-hydrogen) atoms. The Morgan fingerprint density at radius 1 is 1.12 bits per heavy atom. The first-order valence-electron chi connectivity index (χ1n) is 8.71. The molecule has 5 heteroatoms. The van der Waals surface area contributed by atoms with Gasteiger partial charge in [-0.2, -0.15) is 5.10 Å². The standard InChI is InChI=1S/C21H23N3O2/c1-14-4-7-17(8-5-14)12-22-23-21(26)18-11-20(25)24(13-18)19-9-6-15(2)16(3)10-19/h4-10,12,18H,11,13H2,1-3H3,(H,23,26)/b22-12-/t18-/m0/s1. The van der Waals surface area contributed by atoms with Crippen molar-refractivity contribution in [1.29, 1.82) is 0 Å². The highest BCUT2D eigenvalue weighted by atomic mass is 16.2. The van der Waals surface area contributed by atoms with Gasteiger partial charge in [0, 0.05) is 18.7 Å². The van der Waals surface area contributed by atoms with Crippen LogP contribution in [0.4, 0.5) is 5.69 Å². The maximum atomic E-state index is 12.3. The maximum absolute atomic E-state index is 12.3. The Bertz CT molecular complexity index is 856. The molecule has 0 radical (unpaired) electrons. The lowest BCUT2D eigenvalue weighted by Gasteiger charge is -2.17. The normalized spacial score (nSPS) is 17.1. The van der Waals surface area contributed by atoms with E-state index in [0.717, 1.165) is 16.8 Å². The molecule has 0 bridgehead atoms. The zero-order valence-electron chi connectivity index (χ0n) is 15.3. The lowest BCUT2D eigenvalue weighted by Crippen LogP contribution is -2.30. The number of carbonyl (C=O) groups is 2. The SMILES string of the molecule is Cc1ccc(/C=N\NC(=O)[C@H]2CC(=O)N(c3ccc(C)c(C)c3)C2)cc1. The van der Waals surface area contributed by atoms with Gasteiger partial charge in [0.1, 0.15) is 0 Å². The number of hydrogen-bond acceptors (Lipinski definition) is 3. The van der Waals surface area contributed by atoms with Gasteiger partial charge in [0.2, 0.25) is 11.8 Å². The summed E-state index contributed by atoms with van der Waals surface area (Å²) in [6.07, 6.45) is 1.81. The fraction of sp³-hybridized carbons (Fsp3) is 0.286. The molecule has 1 aliphatic heterocycles. The second kappa shape index (κ2) is 7.52. The van der Waals surface area contributed by atoms with E-state index in [4.69, 9.17) is 0 Å². The van der Waals surface area contributed by atoms with Crippen LogP contribution >= 0.6 is 0 Å². The van der Waals surface area contributed by atoms with Gasteiger partial charge in [-0.05, 0) is 49.6 Å². The van der Waals surface area contributed by atoms with Gasteiger partial charge >= 0.3 is 0 Å². The Morgan fingerprint density at radius 2 is 1.85 bits per heavy atom. The van der Waals surface area contributed by atoms with Crippen molar-refractivity contribution in [3.63, 3.8) is 0 Å². The lowest BCUT2D eigenvalue weighted by atomic mass is 10.1. The third kappa shape index (κ3) is 3.99. The average Bonchev–Trinajstić information content (AvgIpc) is 3.01. The molecule has 2 amide bonds. The van der Waals surface area contributed by atoms with Gasteiger partial charge in [-0.15, -0.1) is 0 Å². The van der Waals surface area contributed by atoms with Crippen LogP contribution in [0.2, 0.25) is 0 Å². The Morgan fingerprint density at radius 3 is 2.54 bits per heavy atom. The van der Waals surface area contributed by atoms with E-state index in [-0.39, 0.29) is 24.2 Å². The molecule has 0 spiro atoms. The summed E-state index contributed by atoms with van der Waals surface area (Å²) >= 11 is 0. The molecular formula is C21H23N3O2. The number of hydrazone groups is 1. The van der Waals surface area contributed by atoms with E-state index in [1.54, 1.807) is 11.1 Å². The quantitative estimate of drug-likeness (QED) is 0.681. The van der Waals surface area contributed by atoms with E-state index in [9.17, 15) is 9.59 Å². The zero-order valence-corrected chi connectivity index (χ0v) is 15.3. The van der Waals surface area contributed by atoms with Crippen molar-refractivity contribution >= 4 is 23.7 Å². The fourth-order valence-corrected chi connectivity index (χ4v) is 2.94. The lowest BCUT2D eigenvalue weighted by molar-refractivity contribution is -0.126. The molecule has 1 atom stereocenters. The monoisotopic (exact) mass is 349 g/mol. The first kappa shape index (κ1) is 17.9. The van der Waals surface area contributed by atoms with E-state index < -0.39 is 0 Å². The smallest absolute Gasteiger partial charge is 0.245 e. The van der Waals surface area contributed by atoms with Gasteiger partial charge in [-0.1, -0.05) is 35.9 Å². The fourth-order valence-electron chi connectivity index (χ4n) is 2.94. The number of benzene rings is 2. The highest BCUT2D eigenvalue weighted by molar-refractivity contribution is 6.00. The number of anilines is 1. The highest BCUT2D eigenvalue weighted by Crippen LogP contribution is 2.26. The maximum Gasteiger partial charge on any atom is 0.245 e. The van der Waals surface area contributed by atoms with Gasteiger partial charge in [0.15, 0.2) is 0 Å². The Labute approximate surface area is 153 Å².